The highest BCUT2D eigenvalue weighted by Gasteiger charge is 2.40. The van der Waals surface area contributed by atoms with Crippen LogP contribution in [0.1, 0.15) is 32.1 Å². The van der Waals surface area contributed by atoms with Gasteiger partial charge in [0.15, 0.2) is 11.8 Å². The van der Waals surface area contributed by atoms with Gasteiger partial charge in [-0.2, -0.15) is 5.26 Å². The molecule has 2 rings (SSSR count). The summed E-state index contributed by atoms with van der Waals surface area (Å²) in [7, 11) is 0. The molecule has 2 fully saturated rings. The fourth-order valence-electron chi connectivity index (χ4n) is 2.42. The van der Waals surface area contributed by atoms with Crippen LogP contribution in [0.25, 0.3) is 0 Å². The molecule has 92 valence electrons. The standard InChI is InChI=1S/C12H17N3O2/c13-6-10-11(16)8-15(10)12(17)7-14-9-4-2-1-3-5-9/h9-10,14H,1-5,7-8H2. The van der Waals surface area contributed by atoms with Gasteiger partial charge in [-0.3, -0.25) is 9.59 Å². The Morgan fingerprint density at radius 1 is 1.41 bits per heavy atom. The van der Waals surface area contributed by atoms with E-state index in [4.69, 9.17) is 5.26 Å². The maximum Gasteiger partial charge on any atom is 0.238 e. The molecule has 0 aromatic rings. The van der Waals surface area contributed by atoms with E-state index in [0.29, 0.717) is 6.04 Å². The summed E-state index contributed by atoms with van der Waals surface area (Å²) in [6.07, 6.45) is 5.95. The Morgan fingerprint density at radius 3 is 2.71 bits per heavy atom. The fourth-order valence-corrected chi connectivity index (χ4v) is 2.42. The topological polar surface area (TPSA) is 73.2 Å². The Hall–Kier alpha value is -1.41. The number of Topliss-reactive ketones (excluding diaryl/α,β-unsaturated/α-hetero) is 1. The van der Waals surface area contributed by atoms with Crippen molar-refractivity contribution < 1.29 is 9.59 Å². The quantitative estimate of drug-likeness (QED) is 0.759. The summed E-state index contributed by atoms with van der Waals surface area (Å²) < 4.78 is 0. The number of nitrogens with zero attached hydrogens (tertiary/aromatic N) is 2. The lowest BCUT2D eigenvalue weighted by atomic mass is 9.95. The van der Waals surface area contributed by atoms with Crippen molar-refractivity contribution in [2.24, 2.45) is 0 Å². The van der Waals surface area contributed by atoms with E-state index in [0.717, 1.165) is 12.8 Å². The summed E-state index contributed by atoms with van der Waals surface area (Å²) in [5, 5.41) is 11.9. The Labute approximate surface area is 101 Å². The van der Waals surface area contributed by atoms with Crippen LogP contribution in [-0.2, 0) is 9.59 Å². The highest BCUT2D eigenvalue weighted by atomic mass is 16.2. The lowest BCUT2D eigenvalue weighted by Crippen LogP contribution is -2.60. The maximum absolute atomic E-state index is 11.7. The van der Waals surface area contributed by atoms with Gasteiger partial charge in [-0.05, 0) is 12.8 Å². The Morgan fingerprint density at radius 2 is 2.12 bits per heavy atom. The number of likely N-dealkylation sites (tertiary alicyclic amines) is 1. The minimum absolute atomic E-state index is 0.101. The fraction of sp³-hybridized carbons (Fsp3) is 0.750. The molecular formula is C12H17N3O2. The van der Waals surface area contributed by atoms with Crippen LogP contribution in [0.5, 0.6) is 0 Å². The first kappa shape index (κ1) is 12.1. The summed E-state index contributed by atoms with van der Waals surface area (Å²) in [6, 6.07) is 1.43. The first-order chi connectivity index (χ1) is 8.22. The number of carbonyl (C=O) groups is 2. The number of rotatable bonds is 3. The highest BCUT2D eigenvalue weighted by molar-refractivity contribution is 6.01. The molecule has 1 aliphatic heterocycles. The average molecular weight is 235 g/mol. The van der Waals surface area contributed by atoms with Gasteiger partial charge >= 0.3 is 0 Å². The molecule has 0 radical (unpaired) electrons. The van der Waals surface area contributed by atoms with Gasteiger partial charge < -0.3 is 10.2 Å². The number of hydrogen-bond acceptors (Lipinski definition) is 4. The largest absolute Gasteiger partial charge is 0.311 e. The summed E-state index contributed by atoms with van der Waals surface area (Å²) in [6.45, 7) is 0.347. The van der Waals surface area contributed by atoms with Crippen molar-refractivity contribution in [1.82, 2.24) is 10.2 Å². The molecule has 2 aliphatic rings. The van der Waals surface area contributed by atoms with Gasteiger partial charge in [0.05, 0.1) is 19.2 Å². The second-order valence-electron chi connectivity index (χ2n) is 4.74. The SMILES string of the molecule is N#CC1C(=O)CN1C(=O)CNC1CCCCC1. The molecular weight excluding hydrogens is 218 g/mol. The summed E-state index contributed by atoms with van der Waals surface area (Å²) >= 11 is 0. The van der Waals surface area contributed by atoms with E-state index in [2.05, 4.69) is 5.32 Å². The zero-order chi connectivity index (χ0) is 12.3. The van der Waals surface area contributed by atoms with E-state index in [1.54, 1.807) is 0 Å². The van der Waals surface area contributed by atoms with Crippen molar-refractivity contribution in [3.05, 3.63) is 0 Å². The second kappa shape index (κ2) is 5.28. The third-order valence-electron chi connectivity index (χ3n) is 3.53. The highest BCUT2D eigenvalue weighted by Crippen LogP contribution is 2.17. The lowest BCUT2D eigenvalue weighted by Gasteiger charge is -2.35. The molecule has 1 amide bonds. The zero-order valence-electron chi connectivity index (χ0n) is 9.82. The average Bonchev–Trinajstić information content (AvgIpc) is 2.35. The third-order valence-corrected chi connectivity index (χ3v) is 3.53. The van der Waals surface area contributed by atoms with E-state index < -0.39 is 6.04 Å². The van der Waals surface area contributed by atoms with Crippen molar-refractivity contribution in [3.8, 4) is 6.07 Å². The summed E-state index contributed by atoms with van der Waals surface area (Å²) in [5.74, 6) is -0.291. The number of ketones is 1. The molecule has 1 saturated heterocycles. The normalized spacial score (nSPS) is 25.2. The minimum atomic E-state index is -0.837. The van der Waals surface area contributed by atoms with E-state index in [9.17, 15) is 9.59 Å². The maximum atomic E-state index is 11.7. The van der Waals surface area contributed by atoms with Crippen molar-refractivity contribution in [3.63, 3.8) is 0 Å². The van der Waals surface area contributed by atoms with Crippen molar-refractivity contribution in [2.45, 2.75) is 44.2 Å². The van der Waals surface area contributed by atoms with Crippen LogP contribution in [-0.4, -0.2) is 41.8 Å². The van der Waals surface area contributed by atoms with Crippen LogP contribution in [0.3, 0.4) is 0 Å². The molecule has 17 heavy (non-hydrogen) atoms. The Kier molecular flexibility index (Phi) is 3.75. The van der Waals surface area contributed by atoms with Gasteiger partial charge in [-0.15, -0.1) is 0 Å². The molecule has 0 aromatic heterocycles. The molecule has 1 atom stereocenters. The van der Waals surface area contributed by atoms with Gasteiger partial charge in [0.2, 0.25) is 5.91 Å². The molecule has 0 aromatic carbocycles. The predicted molar refractivity (Wildman–Crippen MR) is 61.0 cm³/mol. The molecule has 1 heterocycles. The second-order valence-corrected chi connectivity index (χ2v) is 4.74. The number of carbonyl (C=O) groups excluding carboxylic acids is 2. The molecule has 1 N–H and O–H groups in total. The Balaban J connectivity index is 1.74. The number of nitriles is 1. The first-order valence-electron chi connectivity index (χ1n) is 6.17. The molecule has 1 unspecified atom stereocenters. The van der Waals surface area contributed by atoms with Gasteiger partial charge in [-0.25, -0.2) is 0 Å². The molecule has 5 nitrogen and oxygen atoms in total. The van der Waals surface area contributed by atoms with Crippen LogP contribution in [0.2, 0.25) is 0 Å². The van der Waals surface area contributed by atoms with Crippen LogP contribution < -0.4 is 5.32 Å². The molecule has 5 heteroatoms. The smallest absolute Gasteiger partial charge is 0.238 e. The van der Waals surface area contributed by atoms with Crippen LogP contribution in [0.15, 0.2) is 0 Å². The van der Waals surface area contributed by atoms with E-state index in [1.165, 1.54) is 24.2 Å². The molecule has 1 saturated carbocycles. The zero-order valence-corrected chi connectivity index (χ0v) is 9.82. The summed E-state index contributed by atoms with van der Waals surface area (Å²) in [5.41, 5.74) is 0. The van der Waals surface area contributed by atoms with E-state index in [1.807, 2.05) is 6.07 Å². The predicted octanol–water partition coefficient (Wildman–Crippen LogP) is 0.212. The number of hydrogen-bond donors (Lipinski definition) is 1. The minimum Gasteiger partial charge on any atom is -0.311 e. The first-order valence-corrected chi connectivity index (χ1v) is 6.17. The van der Waals surface area contributed by atoms with Crippen LogP contribution >= 0.6 is 0 Å². The van der Waals surface area contributed by atoms with Crippen molar-refractivity contribution in [2.75, 3.05) is 13.1 Å². The van der Waals surface area contributed by atoms with E-state index >= 15 is 0 Å². The molecule has 1 aliphatic carbocycles. The van der Waals surface area contributed by atoms with Gasteiger partial charge in [0.25, 0.3) is 0 Å². The van der Waals surface area contributed by atoms with Crippen LogP contribution in [0.4, 0.5) is 0 Å². The summed E-state index contributed by atoms with van der Waals surface area (Å²) in [4.78, 5) is 24.1. The van der Waals surface area contributed by atoms with Crippen molar-refractivity contribution >= 4 is 11.7 Å². The number of amides is 1. The monoisotopic (exact) mass is 235 g/mol. The van der Waals surface area contributed by atoms with Gasteiger partial charge in [0.1, 0.15) is 0 Å². The lowest BCUT2D eigenvalue weighted by molar-refractivity contribution is -0.148. The third kappa shape index (κ3) is 2.64. The number of nitrogens with one attached hydrogen (secondary N) is 1. The molecule has 0 bridgehead atoms. The molecule has 0 spiro atoms. The Bertz CT molecular complexity index is 355. The van der Waals surface area contributed by atoms with Gasteiger partial charge in [-0.1, -0.05) is 19.3 Å². The van der Waals surface area contributed by atoms with Crippen molar-refractivity contribution in [1.29, 1.82) is 5.26 Å². The van der Waals surface area contributed by atoms with E-state index in [-0.39, 0.29) is 24.8 Å². The van der Waals surface area contributed by atoms with Gasteiger partial charge in [0, 0.05) is 6.04 Å². The van der Waals surface area contributed by atoms with Crippen LogP contribution in [0, 0.1) is 11.3 Å².